The molecule has 0 aliphatic rings. The number of hydrogen-bond donors (Lipinski definition) is 2. The average molecular weight is 427 g/mol. The first-order chi connectivity index (χ1) is 14.8. The Labute approximate surface area is 183 Å². The third kappa shape index (κ3) is 7.77. The summed E-state index contributed by atoms with van der Waals surface area (Å²) in [5.74, 6) is -1.25. The van der Waals surface area contributed by atoms with E-state index >= 15 is 0 Å². The summed E-state index contributed by atoms with van der Waals surface area (Å²) >= 11 is 0. The summed E-state index contributed by atoms with van der Waals surface area (Å²) in [7, 11) is 1.27. The molecule has 0 saturated heterocycles. The van der Waals surface area contributed by atoms with Gasteiger partial charge in [0.2, 0.25) is 5.91 Å². The van der Waals surface area contributed by atoms with Crippen molar-refractivity contribution in [2.75, 3.05) is 7.11 Å². The molecular weight excluding hydrogens is 396 g/mol. The zero-order valence-electron chi connectivity index (χ0n) is 18.4. The van der Waals surface area contributed by atoms with Crippen LogP contribution in [0.1, 0.15) is 30.5 Å². The van der Waals surface area contributed by atoms with Gasteiger partial charge in [-0.15, -0.1) is 0 Å². The molecule has 31 heavy (non-hydrogen) atoms. The van der Waals surface area contributed by atoms with Crippen molar-refractivity contribution >= 4 is 18.0 Å². The van der Waals surface area contributed by atoms with Gasteiger partial charge >= 0.3 is 12.1 Å². The topological polar surface area (TPSA) is 93.7 Å². The molecule has 2 rings (SSSR count). The van der Waals surface area contributed by atoms with Gasteiger partial charge in [0.1, 0.15) is 18.7 Å². The van der Waals surface area contributed by atoms with E-state index < -0.39 is 30.1 Å². The first-order valence-electron chi connectivity index (χ1n) is 10.2. The number of hydrogen-bond acceptors (Lipinski definition) is 5. The van der Waals surface area contributed by atoms with Gasteiger partial charge in [0, 0.05) is 6.42 Å². The molecule has 2 aromatic carbocycles. The van der Waals surface area contributed by atoms with Gasteiger partial charge < -0.3 is 20.1 Å². The first-order valence-corrected chi connectivity index (χ1v) is 10.2. The second-order valence-electron chi connectivity index (χ2n) is 7.71. The van der Waals surface area contributed by atoms with E-state index in [2.05, 4.69) is 10.6 Å². The molecule has 7 nitrogen and oxygen atoms in total. The van der Waals surface area contributed by atoms with Gasteiger partial charge in [-0.05, 0) is 24.0 Å². The van der Waals surface area contributed by atoms with Crippen molar-refractivity contribution in [3.8, 4) is 0 Å². The van der Waals surface area contributed by atoms with Crippen molar-refractivity contribution in [3.63, 3.8) is 0 Å². The summed E-state index contributed by atoms with van der Waals surface area (Å²) in [4.78, 5) is 37.4. The minimum atomic E-state index is -0.873. The number of ether oxygens (including phenoxy) is 2. The quantitative estimate of drug-likeness (QED) is 0.601. The van der Waals surface area contributed by atoms with Gasteiger partial charge in [-0.3, -0.25) is 4.79 Å². The Morgan fingerprint density at radius 3 is 2.23 bits per heavy atom. The standard InChI is InChI=1S/C24H30N2O5/c1-16(2)21(26-24(29)31-15-18-10-6-5-7-11-18)22(27)25-20(23(28)30-4)14-19-12-8-9-17(3)13-19/h5-13,16,20-21H,14-15H2,1-4H3,(H,25,27)(H,26,29)/t20-,21+/m1/s1. The van der Waals surface area contributed by atoms with Crippen LogP contribution < -0.4 is 10.6 Å². The predicted octanol–water partition coefficient (Wildman–Crippen LogP) is 3.15. The van der Waals surface area contributed by atoms with Crippen LogP contribution in [0.3, 0.4) is 0 Å². The molecule has 0 fully saturated rings. The zero-order valence-corrected chi connectivity index (χ0v) is 18.4. The lowest BCUT2D eigenvalue weighted by atomic mass is 10.0. The van der Waals surface area contributed by atoms with E-state index in [4.69, 9.17) is 9.47 Å². The molecule has 2 amide bonds. The Bertz CT molecular complexity index is 883. The molecule has 2 aromatic rings. The molecule has 0 aliphatic heterocycles. The third-order valence-corrected chi connectivity index (χ3v) is 4.76. The molecular formula is C24H30N2O5. The normalized spacial score (nSPS) is 12.5. The van der Waals surface area contributed by atoms with E-state index in [0.29, 0.717) is 0 Å². The van der Waals surface area contributed by atoms with E-state index in [-0.39, 0.29) is 18.9 Å². The number of carbonyl (C=O) groups excluding carboxylic acids is 3. The highest BCUT2D eigenvalue weighted by Crippen LogP contribution is 2.10. The zero-order chi connectivity index (χ0) is 22.8. The average Bonchev–Trinajstić information content (AvgIpc) is 2.75. The fourth-order valence-electron chi connectivity index (χ4n) is 3.10. The molecule has 0 unspecified atom stereocenters. The number of methoxy groups -OCH3 is 1. The summed E-state index contributed by atoms with van der Waals surface area (Å²) < 4.78 is 10.1. The van der Waals surface area contributed by atoms with Gasteiger partial charge in [0.05, 0.1) is 7.11 Å². The molecule has 0 heterocycles. The molecule has 0 spiro atoms. The molecule has 0 bridgehead atoms. The van der Waals surface area contributed by atoms with E-state index in [1.165, 1.54) is 7.11 Å². The first kappa shape index (κ1) is 23.9. The molecule has 0 radical (unpaired) electrons. The molecule has 2 atom stereocenters. The second-order valence-corrected chi connectivity index (χ2v) is 7.71. The summed E-state index contributed by atoms with van der Waals surface area (Å²) in [6, 6.07) is 15.2. The smallest absolute Gasteiger partial charge is 0.408 e. The fraction of sp³-hybridized carbons (Fsp3) is 0.375. The SMILES string of the molecule is COC(=O)[C@@H](Cc1cccc(C)c1)NC(=O)[C@@H](NC(=O)OCc1ccccc1)C(C)C. The Balaban J connectivity index is 2.02. The number of rotatable bonds is 9. The highest BCUT2D eigenvalue weighted by molar-refractivity contribution is 5.90. The van der Waals surface area contributed by atoms with Crippen LogP contribution in [-0.2, 0) is 32.1 Å². The third-order valence-electron chi connectivity index (χ3n) is 4.76. The van der Waals surface area contributed by atoms with Crippen LogP contribution in [-0.4, -0.2) is 37.2 Å². The number of nitrogens with one attached hydrogen (secondary N) is 2. The van der Waals surface area contributed by atoms with Gasteiger partial charge in [-0.25, -0.2) is 9.59 Å². The molecule has 2 N–H and O–H groups in total. The van der Waals surface area contributed by atoms with E-state index in [1.54, 1.807) is 13.8 Å². The molecule has 7 heteroatoms. The van der Waals surface area contributed by atoms with Gasteiger partial charge in [0.15, 0.2) is 0 Å². The number of benzene rings is 2. The molecule has 0 aliphatic carbocycles. The summed E-state index contributed by atoms with van der Waals surface area (Å²) in [5, 5.41) is 5.31. The van der Waals surface area contributed by atoms with Gasteiger partial charge in [0.25, 0.3) is 0 Å². The molecule has 166 valence electrons. The van der Waals surface area contributed by atoms with Crippen molar-refractivity contribution in [2.45, 2.75) is 45.9 Å². The van der Waals surface area contributed by atoms with Crippen LogP contribution in [0.2, 0.25) is 0 Å². The monoisotopic (exact) mass is 426 g/mol. The van der Waals surface area contributed by atoms with Crippen LogP contribution >= 0.6 is 0 Å². The predicted molar refractivity (Wildman–Crippen MR) is 117 cm³/mol. The summed E-state index contributed by atoms with van der Waals surface area (Å²) in [5.41, 5.74) is 2.79. The van der Waals surface area contributed by atoms with Crippen LogP contribution in [0, 0.1) is 12.8 Å². The Morgan fingerprint density at radius 2 is 1.61 bits per heavy atom. The number of carbonyl (C=O) groups is 3. The minimum absolute atomic E-state index is 0.0945. The Hall–Kier alpha value is -3.35. The Kier molecular flexibility index (Phi) is 9.06. The van der Waals surface area contributed by atoms with Crippen molar-refractivity contribution in [3.05, 3.63) is 71.3 Å². The lowest BCUT2D eigenvalue weighted by Crippen LogP contribution is -2.54. The number of esters is 1. The van der Waals surface area contributed by atoms with Crippen molar-refractivity contribution in [1.29, 1.82) is 0 Å². The molecule has 0 saturated carbocycles. The number of alkyl carbamates (subject to hydrolysis) is 1. The van der Waals surface area contributed by atoms with E-state index in [9.17, 15) is 14.4 Å². The minimum Gasteiger partial charge on any atom is -0.467 e. The number of aryl methyl sites for hydroxylation is 1. The number of amides is 2. The lowest BCUT2D eigenvalue weighted by Gasteiger charge is -2.24. The van der Waals surface area contributed by atoms with Gasteiger partial charge in [-0.1, -0.05) is 74.0 Å². The van der Waals surface area contributed by atoms with Crippen LogP contribution in [0.5, 0.6) is 0 Å². The van der Waals surface area contributed by atoms with Crippen LogP contribution in [0.4, 0.5) is 4.79 Å². The van der Waals surface area contributed by atoms with E-state index in [1.807, 2.05) is 61.5 Å². The lowest BCUT2D eigenvalue weighted by molar-refractivity contribution is -0.145. The summed E-state index contributed by atoms with van der Waals surface area (Å²) in [6.07, 6.45) is -0.422. The van der Waals surface area contributed by atoms with Crippen molar-refractivity contribution in [1.82, 2.24) is 10.6 Å². The summed E-state index contributed by atoms with van der Waals surface area (Å²) in [6.45, 7) is 5.65. The highest BCUT2D eigenvalue weighted by Gasteiger charge is 2.29. The maximum atomic E-state index is 12.9. The Morgan fingerprint density at radius 1 is 0.935 bits per heavy atom. The fourth-order valence-corrected chi connectivity index (χ4v) is 3.10. The maximum absolute atomic E-state index is 12.9. The second kappa shape index (κ2) is 11.7. The van der Waals surface area contributed by atoms with Crippen LogP contribution in [0.25, 0.3) is 0 Å². The largest absolute Gasteiger partial charge is 0.467 e. The highest BCUT2D eigenvalue weighted by atomic mass is 16.5. The van der Waals surface area contributed by atoms with Crippen LogP contribution in [0.15, 0.2) is 54.6 Å². The van der Waals surface area contributed by atoms with Gasteiger partial charge in [-0.2, -0.15) is 0 Å². The van der Waals surface area contributed by atoms with Crippen molar-refractivity contribution < 1.29 is 23.9 Å². The maximum Gasteiger partial charge on any atom is 0.408 e. The van der Waals surface area contributed by atoms with E-state index in [0.717, 1.165) is 16.7 Å². The molecule has 0 aromatic heterocycles. The van der Waals surface area contributed by atoms with Crippen molar-refractivity contribution in [2.24, 2.45) is 5.92 Å².